The fraction of sp³-hybridized carbons (Fsp3) is 0.524. The number of amides is 1. The number of carbonyl (C=O) groups is 1. The number of fused-ring (bicyclic) bond motifs is 1. The SMILES string of the molecule is Cc1cc(NC(=O)CN2CCN(Cc3nnc(-c4cc5c(s4)CCCC5)o3)CC2)no1. The number of hydrogen-bond donors (Lipinski definition) is 1. The number of aromatic nitrogens is 3. The van der Waals surface area contributed by atoms with E-state index in [0.717, 1.165) is 37.5 Å². The van der Waals surface area contributed by atoms with Crippen molar-refractivity contribution < 1.29 is 13.7 Å². The van der Waals surface area contributed by atoms with Crippen molar-refractivity contribution in [2.75, 3.05) is 38.0 Å². The highest BCUT2D eigenvalue weighted by molar-refractivity contribution is 7.15. The number of hydrogen-bond acceptors (Lipinski definition) is 9. The summed E-state index contributed by atoms with van der Waals surface area (Å²) in [7, 11) is 0. The van der Waals surface area contributed by atoms with Gasteiger partial charge in [-0.2, -0.15) is 0 Å². The van der Waals surface area contributed by atoms with Gasteiger partial charge in [-0.3, -0.25) is 14.6 Å². The Labute approximate surface area is 184 Å². The third-order valence-electron chi connectivity index (χ3n) is 5.76. The monoisotopic (exact) mass is 442 g/mol. The van der Waals surface area contributed by atoms with Gasteiger partial charge in [0.25, 0.3) is 5.89 Å². The van der Waals surface area contributed by atoms with Crippen LogP contribution in [0, 0.1) is 6.92 Å². The first-order valence-corrected chi connectivity index (χ1v) is 11.6. The molecule has 2 aliphatic rings. The Morgan fingerprint density at radius 2 is 1.94 bits per heavy atom. The van der Waals surface area contributed by atoms with Crippen molar-refractivity contribution in [3.05, 3.63) is 34.2 Å². The Bertz CT molecular complexity index is 1030. The summed E-state index contributed by atoms with van der Waals surface area (Å²) in [5.74, 6) is 2.33. The molecule has 9 nitrogen and oxygen atoms in total. The van der Waals surface area contributed by atoms with Crippen LogP contribution >= 0.6 is 11.3 Å². The zero-order valence-corrected chi connectivity index (χ0v) is 18.4. The highest BCUT2D eigenvalue weighted by Crippen LogP contribution is 2.35. The van der Waals surface area contributed by atoms with Crippen LogP contribution in [0.4, 0.5) is 5.82 Å². The van der Waals surface area contributed by atoms with E-state index in [9.17, 15) is 4.79 Å². The molecule has 164 valence electrons. The van der Waals surface area contributed by atoms with Crippen LogP contribution in [0.2, 0.25) is 0 Å². The zero-order valence-electron chi connectivity index (χ0n) is 17.6. The van der Waals surface area contributed by atoms with Gasteiger partial charge in [-0.05, 0) is 44.2 Å². The van der Waals surface area contributed by atoms with Crippen LogP contribution in [0.25, 0.3) is 10.8 Å². The Balaban J connectivity index is 1.10. The molecule has 0 spiro atoms. The Morgan fingerprint density at radius 3 is 2.71 bits per heavy atom. The summed E-state index contributed by atoms with van der Waals surface area (Å²) < 4.78 is 10.9. The summed E-state index contributed by atoms with van der Waals surface area (Å²) in [6.07, 6.45) is 4.87. The highest BCUT2D eigenvalue weighted by atomic mass is 32.1. The van der Waals surface area contributed by atoms with E-state index in [1.165, 1.54) is 29.7 Å². The van der Waals surface area contributed by atoms with E-state index in [1.54, 1.807) is 24.3 Å². The van der Waals surface area contributed by atoms with Gasteiger partial charge in [-0.25, -0.2) is 0 Å². The van der Waals surface area contributed by atoms with Gasteiger partial charge in [0.1, 0.15) is 5.76 Å². The molecule has 10 heteroatoms. The van der Waals surface area contributed by atoms with Crippen LogP contribution in [0.5, 0.6) is 0 Å². The van der Waals surface area contributed by atoms with Crippen LogP contribution in [0.15, 0.2) is 21.1 Å². The van der Waals surface area contributed by atoms with E-state index >= 15 is 0 Å². The topological polar surface area (TPSA) is 101 Å². The quantitative estimate of drug-likeness (QED) is 0.622. The fourth-order valence-corrected chi connectivity index (χ4v) is 5.30. The van der Waals surface area contributed by atoms with Crippen LogP contribution in [-0.4, -0.2) is 63.8 Å². The van der Waals surface area contributed by atoms with Crippen LogP contribution in [0.1, 0.15) is 34.9 Å². The van der Waals surface area contributed by atoms with Crippen molar-refractivity contribution >= 4 is 23.1 Å². The molecule has 4 heterocycles. The molecule has 31 heavy (non-hydrogen) atoms. The van der Waals surface area contributed by atoms with E-state index in [-0.39, 0.29) is 5.91 Å². The van der Waals surface area contributed by atoms with Crippen LogP contribution < -0.4 is 5.32 Å². The summed E-state index contributed by atoms with van der Waals surface area (Å²) in [4.78, 5) is 19.2. The Kier molecular flexibility index (Phi) is 5.84. The molecule has 0 atom stereocenters. The van der Waals surface area contributed by atoms with Gasteiger partial charge >= 0.3 is 0 Å². The molecule has 3 aromatic rings. The second-order valence-electron chi connectivity index (χ2n) is 8.19. The number of aryl methyl sites for hydroxylation is 3. The van der Waals surface area contributed by atoms with Crippen molar-refractivity contribution in [2.45, 2.75) is 39.2 Å². The molecule has 3 aromatic heterocycles. The smallest absolute Gasteiger partial charge is 0.257 e. The van der Waals surface area contributed by atoms with Crippen LogP contribution in [-0.2, 0) is 24.2 Å². The number of nitrogens with zero attached hydrogens (tertiary/aromatic N) is 5. The first-order chi connectivity index (χ1) is 15.1. The largest absolute Gasteiger partial charge is 0.419 e. The number of rotatable bonds is 6. The third kappa shape index (κ3) is 4.86. The first-order valence-electron chi connectivity index (χ1n) is 10.7. The number of anilines is 1. The van der Waals surface area contributed by atoms with E-state index < -0.39 is 0 Å². The first kappa shape index (κ1) is 20.3. The van der Waals surface area contributed by atoms with E-state index in [4.69, 9.17) is 8.94 Å². The number of thiophene rings is 1. The normalized spacial score (nSPS) is 17.6. The average Bonchev–Trinajstić information content (AvgIpc) is 3.49. The Morgan fingerprint density at radius 1 is 1.13 bits per heavy atom. The molecule has 1 aliphatic heterocycles. The molecule has 0 bridgehead atoms. The molecule has 1 saturated heterocycles. The summed E-state index contributed by atoms with van der Waals surface area (Å²) in [6, 6.07) is 3.93. The van der Waals surface area contributed by atoms with Gasteiger partial charge in [-0.1, -0.05) is 5.16 Å². The molecular weight excluding hydrogens is 416 g/mol. The summed E-state index contributed by atoms with van der Waals surface area (Å²) in [6.45, 7) is 6.09. The van der Waals surface area contributed by atoms with Gasteiger partial charge in [0.05, 0.1) is 18.0 Å². The molecule has 0 radical (unpaired) electrons. The van der Waals surface area contributed by atoms with Crippen molar-refractivity contribution in [2.24, 2.45) is 0 Å². The van der Waals surface area contributed by atoms with E-state index in [1.807, 2.05) is 0 Å². The van der Waals surface area contributed by atoms with Crippen molar-refractivity contribution in [3.63, 3.8) is 0 Å². The van der Waals surface area contributed by atoms with Gasteiger partial charge in [0.15, 0.2) is 5.82 Å². The number of nitrogens with one attached hydrogen (secondary N) is 1. The molecule has 1 aliphatic carbocycles. The second kappa shape index (κ2) is 8.89. The number of carbonyl (C=O) groups excluding carboxylic acids is 1. The van der Waals surface area contributed by atoms with Gasteiger partial charge in [-0.15, -0.1) is 21.5 Å². The third-order valence-corrected chi connectivity index (χ3v) is 6.99. The van der Waals surface area contributed by atoms with Gasteiger partial charge in [0, 0.05) is 37.1 Å². The molecular formula is C21H26N6O3S. The lowest BCUT2D eigenvalue weighted by Gasteiger charge is -2.33. The lowest BCUT2D eigenvalue weighted by Crippen LogP contribution is -2.48. The second-order valence-corrected chi connectivity index (χ2v) is 9.33. The standard InChI is InChI=1S/C21H26N6O3S/c1-14-10-18(25-30-14)22-19(28)12-26-6-8-27(9-7-26)13-20-23-24-21(29-20)17-11-15-4-2-3-5-16(15)31-17/h10-11H,2-9,12-13H2,1H3,(H,22,25,28). The Hall–Kier alpha value is -2.56. The lowest BCUT2D eigenvalue weighted by atomic mass is 9.99. The summed E-state index contributed by atoms with van der Waals surface area (Å²) in [5.41, 5.74) is 1.45. The molecule has 1 amide bonds. The predicted octanol–water partition coefficient (Wildman–Crippen LogP) is 2.73. The van der Waals surface area contributed by atoms with Gasteiger partial charge in [0.2, 0.25) is 11.8 Å². The molecule has 5 rings (SSSR count). The predicted molar refractivity (Wildman–Crippen MR) is 116 cm³/mol. The maximum Gasteiger partial charge on any atom is 0.257 e. The maximum absolute atomic E-state index is 12.2. The van der Waals surface area contributed by atoms with Crippen molar-refractivity contribution in [1.29, 1.82) is 0 Å². The van der Waals surface area contributed by atoms with E-state index in [0.29, 0.717) is 36.4 Å². The molecule has 0 aromatic carbocycles. The molecule has 1 fully saturated rings. The molecule has 0 unspecified atom stereocenters. The minimum Gasteiger partial charge on any atom is -0.419 e. The average molecular weight is 443 g/mol. The summed E-state index contributed by atoms with van der Waals surface area (Å²) in [5, 5.41) is 15.1. The van der Waals surface area contributed by atoms with E-state index in [2.05, 4.69) is 36.5 Å². The van der Waals surface area contributed by atoms with Crippen molar-refractivity contribution in [1.82, 2.24) is 25.2 Å². The lowest BCUT2D eigenvalue weighted by molar-refractivity contribution is -0.117. The highest BCUT2D eigenvalue weighted by Gasteiger charge is 2.22. The summed E-state index contributed by atoms with van der Waals surface area (Å²) >= 11 is 1.79. The fourth-order valence-electron chi connectivity index (χ4n) is 4.12. The molecule has 0 saturated carbocycles. The maximum atomic E-state index is 12.2. The minimum atomic E-state index is -0.0815. The molecule has 1 N–H and O–H groups in total. The number of piperazine rings is 1. The zero-order chi connectivity index (χ0) is 21.2. The van der Waals surface area contributed by atoms with Crippen LogP contribution in [0.3, 0.4) is 0 Å². The van der Waals surface area contributed by atoms with Crippen molar-refractivity contribution in [3.8, 4) is 10.8 Å². The minimum absolute atomic E-state index is 0.0815. The van der Waals surface area contributed by atoms with Gasteiger partial charge < -0.3 is 14.3 Å².